The third-order valence-corrected chi connectivity index (χ3v) is 9.39. The molecule has 34 heavy (non-hydrogen) atoms. The Balaban J connectivity index is 1.37. The fourth-order valence-corrected chi connectivity index (χ4v) is 6.92. The number of thiazole rings is 2. The molecule has 7 nitrogen and oxygen atoms in total. The topological polar surface area (TPSA) is 101 Å². The van der Waals surface area contributed by atoms with Gasteiger partial charge in [-0.1, -0.05) is 29.2 Å². The molecule has 0 radical (unpaired) electrons. The summed E-state index contributed by atoms with van der Waals surface area (Å²) in [5.41, 5.74) is 2.12. The molecule has 1 amide bonds. The number of carbonyl (C=O) groups excluding carboxylic acids is 1. The minimum absolute atomic E-state index is 0.0859. The summed E-state index contributed by atoms with van der Waals surface area (Å²) >= 11 is 4.53. The molecule has 0 atom stereocenters. The van der Waals surface area contributed by atoms with Crippen molar-refractivity contribution in [2.45, 2.75) is 9.24 Å². The van der Waals surface area contributed by atoms with Gasteiger partial charge in [-0.05, 0) is 60.9 Å². The molecule has 172 valence electrons. The number of benzene rings is 3. The van der Waals surface area contributed by atoms with Gasteiger partial charge in [0, 0.05) is 11.3 Å². The number of thioether (sulfide) groups is 1. The number of rotatable bonds is 6. The molecule has 0 bridgehead atoms. The van der Waals surface area contributed by atoms with Gasteiger partial charge >= 0.3 is 0 Å². The maximum atomic E-state index is 13.1. The summed E-state index contributed by atoms with van der Waals surface area (Å²) in [4.78, 5) is 21.8. The highest BCUT2D eigenvalue weighted by Gasteiger charge is 2.17. The molecule has 2 N–H and O–H groups in total. The summed E-state index contributed by atoms with van der Waals surface area (Å²) in [5.74, 6) is -0.958. The van der Waals surface area contributed by atoms with Crippen molar-refractivity contribution in [3.8, 4) is 0 Å². The summed E-state index contributed by atoms with van der Waals surface area (Å²) < 4.78 is 43.6. The van der Waals surface area contributed by atoms with Crippen molar-refractivity contribution in [3.05, 3.63) is 72.0 Å². The summed E-state index contributed by atoms with van der Waals surface area (Å²) in [6.07, 6.45) is 1.97. The van der Waals surface area contributed by atoms with E-state index in [0.717, 1.165) is 36.9 Å². The summed E-state index contributed by atoms with van der Waals surface area (Å²) in [6, 6.07) is 14.4. The molecule has 12 heteroatoms. The van der Waals surface area contributed by atoms with Crippen LogP contribution >= 0.6 is 34.4 Å². The van der Waals surface area contributed by atoms with Crippen molar-refractivity contribution in [1.29, 1.82) is 0 Å². The van der Waals surface area contributed by atoms with Gasteiger partial charge in [0.1, 0.15) is 5.82 Å². The van der Waals surface area contributed by atoms with E-state index in [2.05, 4.69) is 20.0 Å². The number of aromatic nitrogens is 2. The third-order valence-electron chi connectivity index (χ3n) is 4.79. The highest BCUT2D eigenvalue weighted by molar-refractivity contribution is 8.00. The second kappa shape index (κ2) is 8.95. The number of halogens is 1. The normalized spacial score (nSPS) is 11.7. The van der Waals surface area contributed by atoms with Crippen LogP contribution in [0, 0.1) is 5.82 Å². The van der Waals surface area contributed by atoms with E-state index in [1.54, 1.807) is 35.2 Å². The van der Waals surface area contributed by atoms with Crippen LogP contribution in [0.5, 0.6) is 0 Å². The Morgan fingerprint density at radius 2 is 1.68 bits per heavy atom. The van der Waals surface area contributed by atoms with Crippen molar-refractivity contribution in [2.75, 3.05) is 16.3 Å². The lowest BCUT2D eigenvalue weighted by molar-refractivity contribution is 0.102. The van der Waals surface area contributed by atoms with Gasteiger partial charge in [0.2, 0.25) is 0 Å². The SMILES string of the molecule is CSc1nc2ccc3nc(NC(=O)c4cccc(NS(=O)(=O)c5ccc(F)cc5)c4)sc3c2s1. The second-order valence-corrected chi connectivity index (χ2v) is 11.8. The molecule has 0 saturated heterocycles. The first-order valence-electron chi connectivity index (χ1n) is 9.76. The number of nitrogens with one attached hydrogen (secondary N) is 2. The number of hydrogen-bond donors (Lipinski definition) is 2. The van der Waals surface area contributed by atoms with Crippen LogP contribution in [0.15, 0.2) is 69.9 Å². The Bertz CT molecular complexity index is 1650. The average molecular weight is 531 g/mol. The molecule has 5 aromatic rings. The van der Waals surface area contributed by atoms with Crippen LogP contribution in [0.4, 0.5) is 15.2 Å². The molecule has 0 aliphatic heterocycles. The molecule has 0 spiro atoms. The van der Waals surface area contributed by atoms with Crippen molar-refractivity contribution in [2.24, 2.45) is 0 Å². The van der Waals surface area contributed by atoms with E-state index < -0.39 is 21.7 Å². The molecule has 0 saturated carbocycles. The number of anilines is 2. The fourth-order valence-electron chi connectivity index (χ4n) is 3.21. The van der Waals surface area contributed by atoms with Gasteiger partial charge in [-0.15, -0.1) is 11.3 Å². The first kappa shape index (κ1) is 22.7. The zero-order valence-electron chi connectivity index (χ0n) is 17.4. The molecule has 0 unspecified atom stereocenters. The molecule has 0 aliphatic rings. The Morgan fingerprint density at radius 1 is 0.971 bits per heavy atom. The van der Waals surface area contributed by atoms with Gasteiger partial charge in [-0.2, -0.15) is 0 Å². The van der Waals surface area contributed by atoms with E-state index in [-0.39, 0.29) is 16.1 Å². The van der Waals surface area contributed by atoms with Gasteiger partial charge in [-0.25, -0.2) is 22.8 Å². The number of amides is 1. The van der Waals surface area contributed by atoms with Gasteiger partial charge in [0.15, 0.2) is 9.47 Å². The van der Waals surface area contributed by atoms with Crippen LogP contribution < -0.4 is 10.0 Å². The third kappa shape index (κ3) is 4.49. The zero-order chi connectivity index (χ0) is 23.9. The van der Waals surface area contributed by atoms with Crippen LogP contribution in [-0.2, 0) is 10.0 Å². The van der Waals surface area contributed by atoms with E-state index in [9.17, 15) is 17.6 Å². The standard InChI is InChI=1S/C22H15FN4O3S4/c1-31-22-25-17-10-9-16-18(19(17)33-22)32-21(24-16)26-20(28)12-3-2-4-14(11-12)27-34(29,30)15-7-5-13(23)6-8-15/h2-11,27H,1H3,(H,24,26,28). The molecule has 0 aliphatic carbocycles. The second-order valence-electron chi connectivity index (χ2n) is 7.06. The Kier molecular flexibility index (Phi) is 5.98. The van der Waals surface area contributed by atoms with Crippen LogP contribution in [0.1, 0.15) is 10.4 Å². The van der Waals surface area contributed by atoms with Gasteiger partial charge in [0.25, 0.3) is 15.9 Å². The maximum Gasteiger partial charge on any atom is 0.261 e. The lowest BCUT2D eigenvalue weighted by atomic mass is 10.2. The minimum atomic E-state index is -3.93. The predicted molar refractivity (Wildman–Crippen MR) is 136 cm³/mol. The van der Waals surface area contributed by atoms with E-state index in [1.165, 1.54) is 35.6 Å². The number of carbonyl (C=O) groups is 1. The Morgan fingerprint density at radius 3 is 2.41 bits per heavy atom. The van der Waals surface area contributed by atoms with Gasteiger partial charge in [-0.3, -0.25) is 14.8 Å². The Labute approximate surface area is 206 Å². The fraction of sp³-hybridized carbons (Fsp3) is 0.0455. The number of nitrogens with zero attached hydrogens (tertiary/aromatic N) is 2. The van der Waals surface area contributed by atoms with E-state index in [1.807, 2.05) is 18.4 Å². The molecule has 2 aromatic heterocycles. The highest BCUT2D eigenvalue weighted by Crippen LogP contribution is 2.38. The quantitative estimate of drug-likeness (QED) is 0.268. The van der Waals surface area contributed by atoms with Crippen molar-refractivity contribution in [1.82, 2.24) is 9.97 Å². The summed E-state index contributed by atoms with van der Waals surface area (Å²) in [7, 11) is -3.93. The zero-order valence-corrected chi connectivity index (χ0v) is 20.7. The minimum Gasteiger partial charge on any atom is -0.298 e. The molecule has 3 aromatic carbocycles. The van der Waals surface area contributed by atoms with Gasteiger partial charge < -0.3 is 0 Å². The van der Waals surface area contributed by atoms with Crippen molar-refractivity contribution >= 4 is 81.6 Å². The van der Waals surface area contributed by atoms with Crippen LogP contribution in [0.25, 0.3) is 20.4 Å². The predicted octanol–water partition coefficient (Wildman–Crippen LogP) is 5.82. The van der Waals surface area contributed by atoms with Crippen molar-refractivity contribution in [3.63, 3.8) is 0 Å². The highest BCUT2D eigenvalue weighted by atomic mass is 32.2. The molecular formula is C22H15FN4O3S4. The van der Waals surface area contributed by atoms with E-state index >= 15 is 0 Å². The number of hydrogen-bond acceptors (Lipinski definition) is 8. The molecule has 0 fully saturated rings. The number of sulfonamides is 1. The lowest BCUT2D eigenvalue weighted by Gasteiger charge is -2.09. The van der Waals surface area contributed by atoms with E-state index in [4.69, 9.17) is 0 Å². The van der Waals surface area contributed by atoms with Gasteiger partial charge in [0.05, 0.1) is 25.3 Å². The summed E-state index contributed by atoms with van der Waals surface area (Å²) in [6.45, 7) is 0. The van der Waals surface area contributed by atoms with Crippen LogP contribution in [0.2, 0.25) is 0 Å². The molecule has 5 rings (SSSR count). The first-order chi connectivity index (χ1) is 16.3. The molecule has 2 heterocycles. The maximum absolute atomic E-state index is 13.1. The van der Waals surface area contributed by atoms with Crippen LogP contribution in [0.3, 0.4) is 0 Å². The Hall–Kier alpha value is -3.06. The number of fused-ring (bicyclic) bond motifs is 3. The summed E-state index contributed by atoms with van der Waals surface area (Å²) in [5, 5.41) is 3.22. The molecular weight excluding hydrogens is 516 g/mol. The average Bonchev–Trinajstić information content (AvgIpc) is 3.42. The first-order valence-corrected chi connectivity index (χ1v) is 14.1. The monoisotopic (exact) mass is 530 g/mol. The van der Waals surface area contributed by atoms with Crippen molar-refractivity contribution < 1.29 is 17.6 Å². The lowest BCUT2D eigenvalue weighted by Crippen LogP contribution is -2.15. The van der Waals surface area contributed by atoms with E-state index in [0.29, 0.717) is 5.13 Å². The van der Waals surface area contributed by atoms with Crippen LogP contribution in [-0.4, -0.2) is 30.5 Å². The largest absolute Gasteiger partial charge is 0.298 e. The smallest absolute Gasteiger partial charge is 0.261 e.